The Bertz CT molecular complexity index is 1540. The van der Waals surface area contributed by atoms with Crippen molar-refractivity contribution in [3.8, 4) is 0 Å². The van der Waals surface area contributed by atoms with E-state index in [-0.39, 0.29) is 11.4 Å². The molecule has 0 bridgehead atoms. The smallest absolute Gasteiger partial charge is 0.261 e. The Morgan fingerprint density at radius 3 is 2.48 bits per heavy atom. The third kappa shape index (κ3) is 4.02. The number of fused-ring (bicyclic) bond motifs is 2. The summed E-state index contributed by atoms with van der Waals surface area (Å²) in [5.74, 6) is -0.260. The molecule has 0 saturated heterocycles. The maximum absolute atomic E-state index is 13.2. The van der Waals surface area contributed by atoms with Gasteiger partial charge in [0.15, 0.2) is 5.65 Å². The molecule has 8 heteroatoms. The number of aryl methyl sites for hydroxylation is 1. The van der Waals surface area contributed by atoms with E-state index in [0.717, 1.165) is 11.1 Å². The minimum atomic E-state index is -0.408. The number of carbonyl (C=O) groups is 1. The Labute approximate surface area is 194 Å². The topological polar surface area (TPSA) is 98.2 Å². The first-order valence-corrected chi connectivity index (χ1v) is 10.6. The zero-order chi connectivity index (χ0) is 22.9. The molecular weight excluding hydrogens is 436 g/mol. The molecule has 1 amide bonds. The Kier molecular flexibility index (Phi) is 5.24. The number of hydrogen-bond acceptors (Lipinski definition) is 5. The first-order chi connectivity index (χ1) is 16.0. The van der Waals surface area contributed by atoms with Crippen LogP contribution in [-0.2, 0) is 0 Å². The molecule has 0 saturated carbocycles. The van der Waals surface area contributed by atoms with Gasteiger partial charge in [-0.15, -0.1) is 0 Å². The van der Waals surface area contributed by atoms with Crippen LogP contribution >= 0.6 is 11.6 Å². The molecule has 0 aliphatic heterocycles. The zero-order valence-electron chi connectivity index (χ0n) is 17.7. The molecule has 33 heavy (non-hydrogen) atoms. The predicted octanol–water partition coefficient (Wildman–Crippen LogP) is 5.26. The second-order valence-corrected chi connectivity index (χ2v) is 8.01. The molecule has 5 rings (SSSR count). The maximum atomic E-state index is 13.2. The van der Waals surface area contributed by atoms with Gasteiger partial charge in [0, 0.05) is 10.7 Å². The second kappa shape index (κ2) is 8.37. The van der Waals surface area contributed by atoms with Gasteiger partial charge < -0.3 is 11.1 Å². The quantitative estimate of drug-likeness (QED) is 0.362. The molecule has 2 aromatic heterocycles. The lowest BCUT2D eigenvalue weighted by Gasteiger charge is -2.05. The van der Waals surface area contributed by atoms with Gasteiger partial charge in [0.25, 0.3) is 5.91 Å². The molecule has 3 aromatic carbocycles. The Morgan fingerprint density at radius 1 is 1.03 bits per heavy atom. The van der Waals surface area contributed by atoms with Crippen molar-refractivity contribution in [2.75, 3.05) is 11.1 Å². The summed E-state index contributed by atoms with van der Waals surface area (Å²) in [4.78, 5) is 22.6. The number of anilines is 2. The number of nitrogen functional groups attached to an aromatic ring is 1. The third-order valence-electron chi connectivity index (χ3n) is 5.17. The van der Waals surface area contributed by atoms with E-state index in [1.807, 2.05) is 55.5 Å². The summed E-state index contributed by atoms with van der Waals surface area (Å²) in [6.07, 6.45) is 1.68. The van der Waals surface area contributed by atoms with E-state index in [9.17, 15) is 4.79 Å². The minimum Gasteiger partial charge on any atom is -0.383 e. The summed E-state index contributed by atoms with van der Waals surface area (Å²) < 4.78 is 1.45. The van der Waals surface area contributed by atoms with Crippen LogP contribution < -0.4 is 11.1 Å². The van der Waals surface area contributed by atoms with Crippen molar-refractivity contribution < 1.29 is 4.79 Å². The zero-order valence-corrected chi connectivity index (χ0v) is 18.4. The second-order valence-electron chi connectivity index (χ2n) is 7.58. The van der Waals surface area contributed by atoms with Gasteiger partial charge in [-0.3, -0.25) is 4.79 Å². The highest BCUT2D eigenvalue weighted by Gasteiger charge is 2.24. The van der Waals surface area contributed by atoms with Gasteiger partial charge in [-0.2, -0.15) is 9.78 Å². The lowest BCUT2D eigenvalue weighted by molar-refractivity contribution is 0.102. The summed E-state index contributed by atoms with van der Waals surface area (Å²) in [6, 6.07) is 22.2. The molecule has 0 atom stereocenters. The SMILES string of the molecule is Cc1cccc(/C=N\n2c(N)c(C(=O)Nc3ccc(Cl)cc3)c3nc4ccccc4nc32)c1. The van der Waals surface area contributed by atoms with Gasteiger partial charge >= 0.3 is 0 Å². The molecule has 2 heterocycles. The number of nitrogens with zero attached hydrogens (tertiary/aromatic N) is 4. The fraction of sp³-hybridized carbons (Fsp3) is 0.0400. The summed E-state index contributed by atoms with van der Waals surface area (Å²) >= 11 is 5.95. The molecule has 0 aliphatic rings. The Morgan fingerprint density at radius 2 is 1.76 bits per heavy atom. The number of para-hydroxylation sites is 2. The van der Waals surface area contributed by atoms with Gasteiger partial charge in [-0.1, -0.05) is 53.6 Å². The Hall–Kier alpha value is -4.23. The molecule has 0 unspecified atom stereocenters. The Balaban J connectivity index is 1.66. The molecule has 7 nitrogen and oxygen atoms in total. The molecule has 0 aliphatic carbocycles. The first kappa shape index (κ1) is 20.7. The monoisotopic (exact) mass is 454 g/mol. The lowest BCUT2D eigenvalue weighted by atomic mass is 10.2. The average molecular weight is 455 g/mol. The van der Waals surface area contributed by atoms with Crippen molar-refractivity contribution in [2.24, 2.45) is 5.10 Å². The van der Waals surface area contributed by atoms with Crippen LogP contribution in [0, 0.1) is 6.92 Å². The number of hydrogen-bond donors (Lipinski definition) is 2. The fourth-order valence-corrected chi connectivity index (χ4v) is 3.72. The summed E-state index contributed by atoms with van der Waals surface area (Å²) in [6.45, 7) is 2.01. The van der Waals surface area contributed by atoms with Crippen molar-refractivity contribution in [2.45, 2.75) is 6.92 Å². The molecule has 5 aromatic rings. The van der Waals surface area contributed by atoms with Crippen LogP contribution in [0.25, 0.3) is 22.2 Å². The van der Waals surface area contributed by atoms with Crippen molar-refractivity contribution in [1.82, 2.24) is 14.6 Å². The van der Waals surface area contributed by atoms with E-state index < -0.39 is 5.91 Å². The summed E-state index contributed by atoms with van der Waals surface area (Å²) in [5.41, 5.74) is 11.4. The summed E-state index contributed by atoms with van der Waals surface area (Å²) in [7, 11) is 0. The average Bonchev–Trinajstić information content (AvgIpc) is 3.08. The molecule has 162 valence electrons. The number of nitrogens with two attached hydrogens (primary N) is 1. The van der Waals surface area contributed by atoms with Crippen LogP contribution in [0.5, 0.6) is 0 Å². The molecule has 0 radical (unpaired) electrons. The highest BCUT2D eigenvalue weighted by atomic mass is 35.5. The molecular formula is C25H19ClN6O. The van der Waals surface area contributed by atoms with Crippen molar-refractivity contribution in [1.29, 1.82) is 0 Å². The number of nitrogens with one attached hydrogen (secondary N) is 1. The van der Waals surface area contributed by atoms with E-state index in [1.54, 1.807) is 30.5 Å². The van der Waals surface area contributed by atoms with Gasteiger partial charge in [0.05, 0.1) is 17.2 Å². The maximum Gasteiger partial charge on any atom is 0.261 e. The molecule has 0 spiro atoms. The van der Waals surface area contributed by atoms with Crippen LogP contribution in [0.2, 0.25) is 5.02 Å². The number of halogens is 1. The van der Waals surface area contributed by atoms with Crippen LogP contribution in [0.4, 0.5) is 11.5 Å². The fourth-order valence-electron chi connectivity index (χ4n) is 3.59. The minimum absolute atomic E-state index is 0.149. The lowest BCUT2D eigenvalue weighted by Crippen LogP contribution is -2.14. The van der Waals surface area contributed by atoms with Gasteiger partial charge in [0.2, 0.25) is 0 Å². The van der Waals surface area contributed by atoms with Crippen molar-refractivity contribution >= 4 is 57.4 Å². The van der Waals surface area contributed by atoms with E-state index >= 15 is 0 Å². The van der Waals surface area contributed by atoms with E-state index in [4.69, 9.17) is 22.3 Å². The number of amides is 1. The number of carbonyl (C=O) groups excluding carboxylic acids is 1. The highest BCUT2D eigenvalue weighted by Crippen LogP contribution is 2.29. The number of aromatic nitrogens is 3. The van der Waals surface area contributed by atoms with E-state index in [2.05, 4.69) is 15.4 Å². The number of benzene rings is 3. The van der Waals surface area contributed by atoms with E-state index in [0.29, 0.717) is 32.9 Å². The van der Waals surface area contributed by atoms with Gasteiger partial charge in [-0.05, 0) is 48.9 Å². The standard InChI is InChI=1S/C25H19ClN6O/c1-15-5-4-6-16(13-15)14-28-32-23(27)21(25(33)29-18-11-9-17(26)10-12-18)22-24(32)31-20-8-3-2-7-19(20)30-22/h2-14H,27H2,1H3,(H,29,33)/b28-14-. The van der Waals surface area contributed by atoms with Crippen LogP contribution in [-0.4, -0.2) is 26.8 Å². The van der Waals surface area contributed by atoms with Crippen molar-refractivity contribution in [3.63, 3.8) is 0 Å². The molecule has 3 N–H and O–H groups in total. The highest BCUT2D eigenvalue weighted by molar-refractivity contribution is 6.30. The largest absolute Gasteiger partial charge is 0.383 e. The number of rotatable bonds is 4. The van der Waals surface area contributed by atoms with Gasteiger partial charge in [0.1, 0.15) is 16.9 Å². The molecule has 0 fully saturated rings. The first-order valence-electron chi connectivity index (χ1n) is 10.2. The van der Waals surface area contributed by atoms with Crippen molar-refractivity contribution in [3.05, 3.63) is 94.5 Å². The van der Waals surface area contributed by atoms with Crippen LogP contribution in [0.1, 0.15) is 21.5 Å². The predicted molar refractivity (Wildman–Crippen MR) is 133 cm³/mol. The van der Waals surface area contributed by atoms with Crippen LogP contribution in [0.3, 0.4) is 0 Å². The third-order valence-corrected chi connectivity index (χ3v) is 5.42. The van der Waals surface area contributed by atoms with E-state index in [1.165, 1.54) is 4.68 Å². The van der Waals surface area contributed by atoms with Gasteiger partial charge in [-0.25, -0.2) is 9.97 Å². The normalized spacial score (nSPS) is 11.5. The summed E-state index contributed by atoms with van der Waals surface area (Å²) in [5, 5.41) is 7.97. The van der Waals surface area contributed by atoms with Crippen LogP contribution in [0.15, 0.2) is 77.9 Å².